The molecule has 1 aromatic rings. The van der Waals surface area contributed by atoms with Crippen molar-refractivity contribution >= 4 is 30.7 Å². The number of unbranched alkanes of at least 4 members (excludes halogenated alkanes) is 1. The van der Waals surface area contributed by atoms with Gasteiger partial charge in [0.25, 0.3) is 5.91 Å². The van der Waals surface area contributed by atoms with E-state index >= 15 is 0 Å². The molecule has 204 valence electrons. The molecule has 7 nitrogen and oxygen atoms in total. The zero-order valence-electron chi connectivity index (χ0n) is 21.5. The van der Waals surface area contributed by atoms with Gasteiger partial charge in [0.1, 0.15) is 5.75 Å². The average Bonchev–Trinajstić information content (AvgIpc) is 3.33. The van der Waals surface area contributed by atoms with Crippen LogP contribution < -0.4 is 21.1 Å². The number of hydrogen-bond donors (Lipinski definition) is 4. The topological polar surface area (TPSA) is 106 Å². The first kappa shape index (κ1) is 33.9. The van der Waals surface area contributed by atoms with Crippen LogP contribution in [0.3, 0.4) is 0 Å². The number of carbonyl (C=O) groups excluding carboxylic acids is 1. The molecule has 0 spiro atoms. The highest BCUT2D eigenvalue weighted by Crippen LogP contribution is 2.21. The van der Waals surface area contributed by atoms with Crippen molar-refractivity contribution in [3.8, 4) is 5.75 Å². The van der Waals surface area contributed by atoms with E-state index in [9.17, 15) is 9.90 Å². The van der Waals surface area contributed by atoms with Crippen LogP contribution in [0.25, 0.3) is 0 Å². The lowest BCUT2D eigenvalue weighted by molar-refractivity contribution is 0.0926. The second-order valence-corrected chi connectivity index (χ2v) is 9.62. The summed E-state index contributed by atoms with van der Waals surface area (Å²) in [6.45, 7) is 6.54. The van der Waals surface area contributed by atoms with Crippen LogP contribution >= 0.6 is 24.8 Å². The first-order chi connectivity index (χ1) is 15.9. The lowest BCUT2D eigenvalue weighted by Crippen LogP contribution is -2.46. The molecule has 0 bridgehead atoms. The minimum Gasteiger partial charge on any atom is -0.493 e. The molecular formula is C26H47Cl2N3O4. The third-order valence-electron chi connectivity index (χ3n) is 6.64. The first-order valence-corrected chi connectivity index (χ1v) is 12.6. The molecule has 0 radical (unpaired) electrons. The Morgan fingerprint density at radius 1 is 1.11 bits per heavy atom. The van der Waals surface area contributed by atoms with Crippen LogP contribution in [0.1, 0.15) is 69.2 Å². The van der Waals surface area contributed by atoms with Gasteiger partial charge in [-0.05, 0) is 56.1 Å². The van der Waals surface area contributed by atoms with Crippen LogP contribution in [0.15, 0.2) is 24.3 Å². The van der Waals surface area contributed by atoms with E-state index in [0.717, 1.165) is 12.8 Å². The largest absolute Gasteiger partial charge is 0.493 e. The zero-order valence-corrected chi connectivity index (χ0v) is 23.2. The van der Waals surface area contributed by atoms with Crippen LogP contribution in [-0.4, -0.2) is 62.6 Å². The van der Waals surface area contributed by atoms with E-state index in [1.54, 1.807) is 13.2 Å². The Bertz CT molecular complexity index is 690. The third kappa shape index (κ3) is 12.6. The molecule has 2 rings (SSSR count). The Morgan fingerprint density at radius 3 is 2.43 bits per heavy atom. The summed E-state index contributed by atoms with van der Waals surface area (Å²) in [5.41, 5.74) is 6.88. The predicted molar refractivity (Wildman–Crippen MR) is 147 cm³/mol. The summed E-state index contributed by atoms with van der Waals surface area (Å²) in [5.74, 6) is 0.953. The van der Waals surface area contributed by atoms with E-state index in [1.807, 2.05) is 18.2 Å². The summed E-state index contributed by atoms with van der Waals surface area (Å²) < 4.78 is 10.9. The van der Waals surface area contributed by atoms with Crippen LogP contribution in [-0.2, 0) is 4.74 Å². The minimum atomic E-state index is -0.588. The van der Waals surface area contributed by atoms with Gasteiger partial charge in [-0.25, -0.2) is 0 Å². The quantitative estimate of drug-likeness (QED) is 0.239. The van der Waals surface area contributed by atoms with Gasteiger partial charge in [-0.3, -0.25) is 4.79 Å². The predicted octanol–water partition coefficient (Wildman–Crippen LogP) is 3.95. The molecule has 1 saturated carbocycles. The highest BCUT2D eigenvalue weighted by molar-refractivity contribution is 5.96. The molecule has 1 aromatic carbocycles. The SMILES string of the molecule is COCCCCOc1ccccc1C(=O)NCC(CC(N)C(O)CNC1CCCC1)C(C)C.Cl.Cl. The summed E-state index contributed by atoms with van der Waals surface area (Å²) in [4.78, 5) is 12.9. The summed E-state index contributed by atoms with van der Waals surface area (Å²) in [7, 11) is 1.69. The highest BCUT2D eigenvalue weighted by Gasteiger charge is 2.24. The molecule has 9 heteroatoms. The number of para-hydroxylation sites is 1. The minimum absolute atomic E-state index is 0. The summed E-state index contributed by atoms with van der Waals surface area (Å²) in [5, 5.41) is 17.0. The number of methoxy groups -OCH3 is 1. The monoisotopic (exact) mass is 535 g/mol. The summed E-state index contributed by atoms with van der Waals surface area (Å²) >= 11 is 0. The van der Waals surface area contributed by atoms with Crippen LogP contribution in [0.4, 0.5) is 0 Å². The number of halogens is 2. The van der Waals surface area contributed by atoms with Gasteiger partial charge in [-0.15, -0.1) is 24.8 Å². The van der Waals surface area contributed by atoms with Gasteiger partial charge in [-0.2, -0.15) is 0 Å². The maximum absolute atomic E-state index is 12.9. The zero-order chi connectivity index (χ0) is 24.1. The molecule has 1 fully saturated rings. The molecule has 1 amide bonds. The van der Waals surface area contributed by atoms with Crippen molar-refractivity contribution in [2.75, 3.05) is 33.4 Å². The van der Waals surface area contributed by atoms with Crippen molar-refractivity contribution < 1.29 is 19.4 Å². The van der Waals surface area contributed by atoms with Crippen molar-refractivity contribution in [1.82, 2.24) is 10.6 Å². The Balaban J connectivity index is 0.00000578. The van der Waals surface area contributed by atoms with Gasteiger partial charge < -0.3 is 30.9 Å². The van der Waals surface area contributed by atoms with Crippen molar-refractivity contribution in [3.63, 3.8) is 0 Å². The molecule has 5 N–H and O–H groups in total. The van der Waals surface area contributed by atoms with Gasteiger partial charge in [0.2, 0.25) is 0 Å². The highest BCUT2D eigenvalue weighted by atomic mass is 35.5. The number of carbonyl (C=O) groups is 1. The maximum atomic E-state index is 12.9. The average molecular weight is 537 g/mol. The number of aliphatic hydroxyl groups excluding tert-OH is 1. The number of hydrogen-bond acceptors (Lipinski definition) is 6. The molecule has 0 saturated heterocycles. The van der Waals surface area contributed by atoms with Gasteiger partial charge in [0.05, 0.1) is 18.3 Å². The van der Waals surface area contributed by atoms with E-state index in [1.165, 1.54) is 25.7 Å². The normalized spacial score (nSPS) is 16.2. The molecular weight excluding hydrogens is 489 g/mol. The van der Waals surface area contributed by atoms with Crippen molar-refractivity contribution in [2.24, 2.45) is 17.6 Å². The molecule has 0 aromatic heterocycles. The molecule has 35 heavy (non-hydrogen) atoms. The van der Waals surface area contributed by atoms with E-state index in [4.69, 9.17) is 15.2 Å². The molecule has 0 heterocycles. The number of aliphatic hydroxyl groups is 1. The number of amides is 1. The van der Waals surface area contributed by atoms with Gasteiger partial charge in [0.15, 0.2) is 0 Å². The number of nitrogens with two attached hydrogens (primary N) is 1. The summed E-state index contributed by atoms with van der Waals surface area (Å²) in [6, 6.07) is 7.51. The van der Waals surface area contributed by atoms with E-state index in [0.29, 0.717) is 56.0 Å². The fraction of sp³-hybridized carbons (Fsp3) is 0.731. The second-order valence-electron chi connectivity index (χ2n) is 9.62. The van der Waals surface area contributed by atoms with Crippen LogP contribution in [0, 0.1) is 11.8 Å². The Morgan fingerprint density at radius 2 is 1.77 bits per heavy atom. The van der Waals surface area contributed by atoms with E-state index < -0.39 is 6.10 Å². The van der Waals surface area contributed by atoms with Crippen LogP contribution in [0.5, 0.6) is 5.75 Å². The number of rotatable bonds is 16. The lowest BCUT2D eigenvalue weighted by atomic mass is 9.87. The molecule has 0 aliphatic heterocycles. The second kappa shape index (κ2) is 19.1. The van der Waals surface area contributed by atoms with Gasteiger partial charge in [-0.1, -0.05) is 38.8 Å². The fourth-order valence-electron chi connectivity index (χ4n) is 4.30. The Labute approximate surface area is 224 Å². The summed E-state index contributed by atoms with van der Waals surface area (Å²) in [6.07, 6.45) is 6.74. The first-order valence-electron chi connectivity index (χ1n) is 12.6. The molecule has 3 atom stereocenters. The lowest BCUT2D eigenvalue weighted by Gasteiger charge is -2.28. The molecule has 1 aliphatic carbocycles. The number of nitrogens with one attached hydrogen (secondary N) is 2. The third-order valence-corrected chi connectivity index (χ3v) is 6.64. The fourth-order valence-corrected chi connectivity index (χ4v) is 4.30. The van der Waals surface area contributed by atoms with Gasteiger partial charge >= 0.3 is 0 Å². The van der Waals surface area contributed by atoms with Gasteiger partial charge in [0, 0.05) is 38.9 Å². The molecule has 3 unspecified atom stereocenters. The number of ether oxygens (including phenoxy) is 2. The van der Waals surface area contributed by atoms with E-state index in [-0.39, 0.29) is 42.7 Å². The standard InChI is InChI=1S/C26H45N3O4.2ClH/c1-19(2)20(16-23(27)24(30)18-28-21-10-4-5-11-21)17-29-26(31)22-12-6-7-13-25(22)33-15-9-8-14-32-3;;/h6-7,12-13,19-21,23-24,28,30H,4-5,8-11,14-18,27H2,1-3H3,(H,29,31);2*1H. The molecule has 1 aliphatic rings. The Hall–Kier alpha value is -1.09. The van der Waals surface area contributed by atoms with Crippen molar-refractivity contribution in [3.05, 3.63) is 29.8 Å². The van der Waals surface area contributed by atoms with Crippen LogP contribution in [0.2, 0.25) is 0 Å². The van der Waals surface area contributed by atoms with E-state index in [2.05, 4.69) is 24.5 Å². The smallest absolute Gasteiger partial charge is 0.255 e. The number of benzene rings is 1. The maximum Gasteiger partial charge on any atom is 0.255 e. The Kier molecular flexibility index (Phi) is 18.5. The van der Waals surface area contributed by atoms with Crippen molar-refractivity contribution in [2.45, 2.75) is 77.0 Å². The van der Waals surface area contributed by atoms with Crippen molar-refractivity contribution in [1.29, 1.82) is 0 Å².